The van der Waals surface area contributed by atoms with Crippen LogP contribution >= 0.6 is 8.92 Å². The van der Waals surface area contributed by atoms with Gasteiger partial charge in [0.25, 0.3) is 0 Å². The van der Waals surface area contributed by atoms with Gasteiger partial charge in [-0.2, -0.15) is 0 Å². The summed E-state index contributed by atoms with van der Waals surface area (Å²) < 4.78 is 1.43. The third-order valence-electron chi connectivity index (χ3n) is 2.09. The van der Waals surface area contributed by atoms with E-state index in [0.29, 0.717) is 0 Å². The molecule has 3 heteroatoms. The fraction of sp³-hybridized carbons (Fsp3) is 1.00. The van der Waals surface area contributed by atoms with Crippen molar-refractivity contribution in [3.05, 3.63) is 0 Å². The Labute approximate surface area is 73.3 Å². The zero-order chi connectivity index (χ0) is 7.49. The van der Waals surface area contributed by atoms with Crippen LogP contribution in [0.15, 0.2) is 0 Å². The van der Waals surface area contributed by atoms with E-state index in [4.69, 9.17) is 8.92 Å². The second-order valence-corrected chi connectivity index (χ2v) is 14.5. The fourth-order valence-corrected chi connectivity index (χ4v) is 14.5. The third-order valence-corrected chi connectivity index (χ3v) is 17.9. The molecule has 0 aromatic rings. The first kappa shape index (κ1) is 10.3. The summed E-state index contributed by atoms with van der Waals surface area (Å²) in [4.78, 5) is 0. The molecule has 9 heavy (non-hydrogen) atoms. The molecule has 0 aliphatic rings. The summed E-state index contributed by atoms with van der Waals surface area (Å²) in [7, 11) is 5.00. The summed E-state index contributed by atoms with van der Waals surface area (Å²) in [5.41, 5.74) is 0.914. The van der Waals surface area contributed by atoms with Gasteiger partial charge in [0.1, 0.15) is 0 Å². The molecule has 0 amide bonds. The molecule has 0 fully saturated rings. The van der Waals surface area contributed by atoms with Crippen LogP contribution in [0, 0.1) is 0 Å². The molecule has 0 aromatic heterocycles. The van der Waals surface area contributed by atoms with Crippen LogP contribution in [-0.2, 0) is 0 Å². The van der Waals surface area contributed by atoms with E-state index in [1.165, 1.54) is 4.06 Å². The van der Waals surface area contributed by atoms with E-state index >= 15 is 0 Å². The summed E-state index contributed by atoms with van der Waals surface area (Å²) in [6, 6.07) is 0. The van der Waals surface area contributed by atoms with E-state index < -0.39 is 28.1 Å². The summed E-state index contributed by atoms with van der Waals surface area (Å²) in [5, 5.41) is 0. The molecule has 0 saturated carbocycles. The van der Waals surface area contributed by atoms with Crippen molar-refractivity contribution in [1.29, 1.82) is 0 Å². The van der Waals surface area contributed by atoms with Crippen molar-refractivity contribution in [2.75, 3.05) is 0 Å². The molecule has 0 spiro atoms. The second-order valence-electron chi connectivity index (χ2n) is 3.45. The van der Waals surface area contributed by atoms with Crippen LogP contribution < -0.4 is 0 Å². The SMILES string of the molecule is CC(C)[Si](C)(C)[CH2][Sn][Cl]. The van der Waals surface area contributed by atoms with Gasteiger partial charge in [-0.15, -0.1) is 0 Å². The van der Waals surface area contributed by atoms with Crippen LogP contribution in [0.5, 0.6) is 0 Å². The number of halogens is 1. The second kappa shape index (κ2) is 4.24. The maximum absolute atomic E-state index is 5.83. The van der Waals surface area contributed by atoms with E-state index in [2.05, 4.69) is 26.9 Å². The average molecular weight is 269 g/mol. The van der Waals surface area contributed by atoms with Gasteiger partial charge in [-0.05, 0) is 0 Å². The van der Waals surface area contributed by atoms with Crippen LogP contribution in [0.1, 0.15) is 13.8 Å². The van der Waals surface area contributed by atoms with Crippen LogP contribution in [0.25, 0.3) is 0 Å². The third kappa shape index (κ3) is 3.89. The quantitative estimate of drug-likeness (QED) is 0.691. The molecule has 0 heterocycles. The first-order valence-electron chi connectivity index (χ1n) is 3.34. The maximum atomic E-state index is 5.83. The number of hydrogen-bond acceptors (Lipinski definition) is 0. The van der Waals surface area contributed by atoms with Crippen LogP contribution in [0.3, 0.4) is 0 Å². The van der Waals surface area contributed by atoms with Crippen molar-refractivity contribution >= 4 is 37.0 Å². The Balaban J connectivity index is 3.70. The molecule has 0 bridgehead atoms. The molecule has 0 aromatic carbocycles. The van der Waals surface area contributed by atoms with Crippen LogP contribution in [-0.4, -0.2) is 28.1 Å². The van der Waals surface area contributed by atoms with Gasteiger partial charge in [0, 0.05) is 0 Å². The van der Waals surface area contributed by atoms with Crippen molar-refractivity contribution in [1.82, 2.24) is 0 Å². The minimum atomic E-state index is -0.837. The molecule has 0 N–H and O–H groups in total. The van der Waals surface area contributed by atoms with Crippen molar-refractivity contribution in [2.24, 2.45) is 0 Å². The number of hydrogen-bond donors (Lipinski definition) is 0. The first-order valence-corrected chi connectivity index (χ1v) is 12.3. The molecular weight excluding hydrogens is 254 g/mol. The fourth-order valence-electron chi connectivity index (χ4n) is 0.376. The summed E-state index contributed by atoms with van der Waals surface area (Å²) >= 11 is -0.433. The van der Waals surface area contributed by atoms with Gasteiger partial charge in [-0.25, -0.2) is 0 Å². The van der Waals surface area contributed by atoms with Gasteiger partial charge in [0.05, 0.1) is 0 Å². The van der Waals surface area contributed by atoms with Crippen molar-refractivity contribution in [3.63, 3.8) is 0 Å². The van der Waals surface area contributed by atoms with Crippen LogP contribution in [0.2, 0.25) is 22.7 Å². The Hall–Kier alpha value is 1.31. The molecule has 54 valence electrons. The summed E-state index contributed by atoms with van der Waals surface area (Å²) in [6.45, 7) is 9.55. The molecule has 0 aliphatic carbocycles. The molecule has 0 aliphatic heterocycles. The van der Waals surface area contributed by atoms with E-state index in [-0.39, 0.29) is 0 Å². The van der Waals surface area contributed by atoms with Crippen molar-refractivity contribution < 1.29 is 0 Å². The normalized spacial score (nSPS) is 12.7. The molecular formula is C6H15ClSiSn. The summed E-state index contributed by atoms with van der Waals surface area (Å²) in [6.07, 6.45) is 0. The van der Waals surface area contributed by atoms with Gasteiger partial charge in [0.15, 0.2) is 0 Å². The minimum absolute atomic E-state index is 0.433. The Kier molecular flexibility index (Phi) is 4.85. The van der Waals surface area contributed by atoms with E-state index in [9.17, 15) is 0 Å². The van der Waals surface area contributed by atoms with E-state index in [0.717, 1.165) is 5.54 Å². The predicted octanol–water partition coefficient (Wildman–Crippen LogP) is 2.92. The molecule has 0 atom stereocenters. The van der Waals surface area contributed by atoms with Gasteiger partial charge in [-0.3, -0.25) is 0 Å². The molecule has 0 nitrogen and oxygen atoms in total. The van der Waals surface area contributed by atoms with Gasteiger partial charge in [-0.1, -0.05) is 0 Å². The standard InChI is InChI=1S/C6H15Si.ClH.Sn/c1-6(2)7(3,4)5;;/h6H,3H2,1-2,4-5H3;1H;/q;;+1/p-1. The Morgan fingerprint density at radius 2 is 1.89 bits per heavy atom. The van der Waals surface area contributed by atoms with Crippen LogP contribution in [0.4, 0.5) is 0 Å². The molecule has 2 radical (unpaired) electrons. The van der Waals surface area contributed by atoms with Gasteiger partial charge >= 0.3 is 73.6 Å². The zero-order valence-electron chi connectivity index (χ0n) is 6.66. The van der Waals surface area contributed by atoms with E-state index in [1.54, 1.807) is 0 Å². The molecule has 0 rings (SSSR count). The Bertz CT molecular complexity index is 83.1. The van der Waals surface area contributed by atoms with Gasteiger partial charge < -0.3 is 0 Å². The summed E-state index contributed by atoms with van der Waals surface area (Å²) in [5.74, 6) is 0. The number of rotatable bonds is 3. The predicted molar refractivity (Wildman–Crippen MR) is 49.0 cm³/mol. The topological polar surface area (TPSA) is 0 Å². The monoisotopic (exact) mass is 270 g/mol. The van der Waals surface area contributed by atoms with Crippen molar-refractivity contribution in [3.8, 4) is 0 Å². The molecule has 0 unspecified atom stereocenters. The van der Waals surface area contributed by atoms with Gasteiger partial charge in [0.2, 0.25) is 0 Å². The van der Waals surface area contributed by atoms with E-state index in [1.807, 2.05) is 0 Å². The molecule has 0 saturated heterocycles. The Morgan fingerprint density at radius 1 is 1.44 bits per heavy atom. The Morgan fingerprint density at radius 3 is 2.00 bits per heavy atom. The van der Waals surface area contributed by atoms with Crippen molar-refractivity contribution in [2.45, 2.75) is 36.5 Å². The zero-order valence-corrected chi connectivity index (χ0v) is 11.3. The first-order chi connectivity index (χ1) is 4.00. The average Bonchev–Trinajstić information content (AvgIpc) is 1.65.